The zero-order valence-electron chi connectivity index (χ0n) is 12.2. The van der Waals surface area contributed by atoms with E-state index in [-0.39, 0.29) is 5.92 Å². The molecule has 0 aliphatic carbocycles. The Bertz CT molecular complexity index is 752. The predicted molar refractivity (Wildman–Crippen MR) is 82.7 cm³/mol. The molecule has 6 heteroatoms. The van der Waals surface area contributed by atoms with E-state index in [0.29, 0.717) is 6.54 Å². The quantitative estimate of drug-likeness (QED) is 0.865. The molecule has 0 radical (unpaired) electrons. The molecule has 0 N–H and O–H groups in total. The summed E-state index contributed by atoms with van der Waals surface area (Å²) in [6.45, 7) is 0.517. The first-order valence-electron chi connectivity index (χ1n) is 6.97. The third-order valence-electron chi connectivity index (χ3n) is 3.99. The Balaban J connectivity index is 1.92. The molecule has 0 spiro atoms. The number of hydrogen-bond acceptors (Lipinski definition) is 3. The fourth-order valence-electron chi connectivity index (χ4n) is 2.94. The van der Waals surface area contributed by atoms with E-state index in [2.05, 4.69) is 4.98 Å². The summed E-state index contributed by atoms with van der Waals surface area (Å²) in [5, 5.41) is 0. The maximum atomic E-state index is 12.1. The highest BCUT2D eigenvalue weighted by Gasteiger charge is 2.30. The molecule has 3 rings (SSSR count). The standard InChI is InChI=1S/C15H19N3O2S/c1-17-8-7-16-15(17)10-12-9-13-5-3-4-6-14(13)18(11-12)21(2,19)20/h3-8,12H,9-11H2,1-2H3/t12-/m0/s1. The van der Waals surface area contributed by atoms with Crippen molar-refractivity contribution in [2.75, 3.05) is 17.1 Å². The van der Waals surface area contributed by atoms with Gasteiger partial charge in [0.25, 0.3) is 0 Å². The van der Waals surface area contributed by atoms with Crippen LogP contribution in [0.5, 0.6) is 0 Å². The summed E-state index contributed by atoms with van der Waals surface area (Å²) in [7, 11) is -1.29. The first-order chi connectivity index (χ1) is 9.95. The summed E-state index contributed by atoms with van der Waals surface area (Å²) in [4.78, 5) is 4.35. The molecular formula is C15H19N3O2S. The summed E-state index contributed by atoms with van der Waals surface area (Å²) in [6.07, 6.45) is 6.63. The van der Waals surface area contributed by atoms with Gasteiger partial charge in [0.05, 0.1) is 11.9 Å². The number of nitrogens with zero attached hydrogens (tertiary/aromatic N) is 3. The normalized spacial score (nSPS) is 18.6. The average Bonchev–Trinajstić information content (AvgIpc) is 2.82. The number of aromatic nitrogens is 2. The van der Waals surface area contributed by atoms with Gasteiger partial charge in [-0.15, -0.1) is 0 Å². The molecule has 1 aromatic heterocycles. The highest BCUT2D eigenvalue weighted by atomic mass is 32.2. The van der Waals surface area contributed by atoms with Crippen LogP contribution < -0.4 is 4.31 Å². The highest BCUT2D eigenvalue weighted by Crippen LogP contribution is 2.32. The van der Waals surface area contributed by atoms with Crippen LogP contribution in [-0.4, -0.2) is 30.8 Å². The van der Waals surface area contributed by atoms with E-state index in [1.54, 1.807) is 6.20 Å². The average molecular weight is 305 g/mol. The first kappa shape index (κ1) is 14.1. The zero-order valence-corrected chi connectivity index (χ0v) is 13.0. The van der Waals surface area contributed by atoms with Gasteiger partial charge in [0, 0.05) is 32.4 Å². The lowest BCUT2D eigenvalue weighted by Gasteiger charge is -2.34. The molecule has 21 heavy (non-hydrogen) atoms. The van der Waals surface area contributed by atoms with E-state index in [0.717, 1.165) is 29.9 Å². The molecule has 1 aliphatic rings. The van der Waals surface area contributed by atoms with E-state index < -0.39 is 10.0 Å². The Labute approximate surface area is 125 Å². The molecular weight excluding hydrogens is 286 g/mol. The maximum Gasteiger partial charge on any atom is 0.232 e. The molecule has 0 saturated carbocycles. The van der Waals surface area contributed by atoms with Crippen LogP contribution in [0.1, 0.15) is 11.4 Å². The molecule has 0 saturated heterocycles. The second-order valence-corrected chi connectivity index (χ2v) is 7.56. The van der Waals surface area contributed by atoms with E-state index in [1.807, 2.05) is 42.1 Å². The van der Waals surface area contributed by atoms with E-state index >= 15 is 0 Å². The minimum absolute atomic E-state index is 0.246. The fourth-order valence-corrected chi connectivity index (χ4v) is 3.95. The van der Waals surface area contributed by atoms with Gasteiger partial charge in [0.2, 0.25) is 10.0 Å². The van der Waals surface area contributed by atoms with Crippen LogP contribution in [0.2, 0.25) is 0 Å². The lowest BCUT2D eigenvalue weighted by Crippen LogP contribution is -2.40. The molecule has 112 valence electrons. The lowest BCUT2D eigenvalue weighted by molar-refractivity contribution is 0.489. The Morgan fingerprint density at radius 2 is 2.10 bits per heavy atom. The monoisotopic (exact) mass is 305 g/mol. The third-order valence-corrected chi connectivity index (χ3v) is 5.13. The SMILES string of the molecule is Cn1ccnc1C[C@@H]1Cc2ccccc2N(S(C)(=O)=O)C1. The molecule has 0 fully saturated rings. The minimum atomic E-state index is -3.26. The van der Waals surface area contributed by atoms with Gasteiger partial charge in [0.1, 0.15) is 5.82 Å². The molecule has 2 aromatic rings. The largest absolute Gasteiger partial charge is 0.338 e. The summed E-state index contributed by atoms with van der Waals surface area (Å²) >= 11 is 0. The molecule has 1 atom stereocenters. The Morgan fingerprint density at radius 1 is 1.33 bits per heavy atom. The number of rotatable bonds is 3. The van der Waals surface area contributed by atoms with Crippen molar-refractivity contribution in [2.45, 2.75) is 12.8 Å². The molecule has 1 aliphatic heterocycles. The van der Waals surface area contributed by atoms with Gasteiger partial charge in [0.15, 0.2) is 0 Å². The van der Waals surface area contributed by atoms with Crippen LogP contribution in [0.3, 0.4) is 0 Å². The highest BCUT2D eigenvalue weighted by molar-refractivity contribution is 7.92. The van der Waals surface area contributed by atoms with Gasteiger partial charge in [-0.2, -0.15) is 0 Å². The summed E-state index contributed by atoms with van der Waals surface area (Å²) in [5.41, 5.74) is 1.91. The van der Waals surface area contributed by atoms with Crippen molar-refractivity contribution in [2.24, 2.45) is 13.0 Å². The third kappa shape index (κ3) is 2.81. The van der Waals surface area contributed by atoms with Crippen molar-refractivity contribution in [3.63, 3.8) is 0 Å². The van der Waals surface area contributed by atoms with Crippen LogP contribution in [0, 0.1) is 5.92 Å². The number of fused-ring (bicyclic) bond motifs is 1. The summed E-state index contributed by atoms with van der Waals surface area (Å²) < 4.78 is 27.7. The topological polar surface area (TPSA) is 55.2 Å². The van der Waals surface area contributed by atoms with Gasteiger partial charge in [-0.1, -0.05) is 18.2 Å². The molecule has 0 amide bonds. The summed E-state index contributed by atoms with van der Waals surface area (Å²) in [5.74, 6) is 1.24. The number of sulfonamides is 1. The van der Waals surface area contributed by atoms with Crippen molar-refractivity contribution >= 4 is 15.7 Å². The lowest BCUT2D eigenvalue weighted by atomic mass is 9.91. The Kier molecular flexibility index (Phi) is 3.49. The zero-order chi connectivity index (χ0) is 15.0. The van der Waals surface area contributed by atoms with Crippen molar-refractivity contribution in [1.82, 2.24) is 9.55 Å². The van der Waals surface area contributed by atoms with Crippen molar-refractivity contribution in [1.29, 1.82) is 0 Å². The maximum absolute atomic E-state index is 12.1. The number of hydrogen-bond donors (Lipinski definition) is 0. The number of para-hydroxylation sites is 1. The summed E-state index contributed by atoms with van der Waals surface area (Å²) in [6, 6.07) is 7.74. The number of aryl methyl sites for hydroxylation is 1. The minimum Gasteiger partial charge on any atom is -0.338 e. The molecule has 0 bridgehead atoms. The molecule has 2 heterocycles. The van der Waals surface area contributed by atoms with E-state index in [4.69, 9.17) is 0 Å². The second-order valence-electron chi connectivity index (χ2n) is 5.65. The second kappa shape index (κ2) is 5.18. The van der Waals surface area contributed by atoms with E-state index in [1.165, 1.54) is 10.6 Å². The number of anilines is 1. The van der Waals surface area contributed by atoms with Gasteiger partial charge < -0.3 is 4.57 Å². The fraction of sp³-hybridized carbons (Fsp3) is 0.400. The van der Waals surface area contributed by atoms with Gasteiger partial charge >= 0.3 is 0 Å². The van der Waals surface area contributed by atoms with Crippen molar-refractivity contribution < 1.29 is 8.42 Å². The molecule has 5 nitrogen and oxygen atoms in total. The van der Waals surface area contributed by atoms with Crippen LogP contribution in [-0.2, 0) is 29.9 Å². The van der Waals surface area contributed by atoms with E-state index in [9.17, 15) is 8.42 Å². The van der Waals surface area contributed by atoms with Gasteiger partial charge in [-0.25, -0.2) is 13.4 Å². The molecule has 1 aromatic carbocycles. The van der Waals surface area contributed by atoms with Crippen molar-refractivity contribution in [3.05, 3.63) is 48.0 Å². The van der Waals surface area contributed by atoms with Crippen LogP contribution >= 0.6 is 0 Å². The van der Waals surface area contributed by atoms with Crippen LogP contribution in [0.4, 0.5) is 5.69 Å². The van der Waals surface area contributed by atoms with Crippen LogP contribution in [0.15, 0.2) is 36.7 Å². The number of benzene rings is 1. The van der Waals surface area contributed by atoms with Gasteiger partial charge in [-0.3, -0.25) is 4.31 Å². The predicted octanol–water partition coefficient (Wildman–Crippen LogP) is 1.60. The number of imidazole rings is 1. The first-order valence-corrected chi connectivity index (χ1v) is 8.82. The van der Waals surface area contributed by atoms with Gasteiger partial charge in [-0.05, 0) is 24.0 Å². The van der Waals surface area contributed by atoms with Crippen molar-refractivity contribution in [3.8, 4) is 0 Å². The smallest absolute Gasteiger partial charge is 0.232 e. The van der Waals surface area contributed by atoms with Crippen LogP contribution in [0.25, 0.3) is 0 Å². The Morgan fingerprint density at radius 3 is 2.76 bits per heavy atom. The Hall–Kier alpha value is -1.82. The molecule has 0 unspecified atom stereocenters.